The number of amides is 2. The monoisotopic (exact) mass is 447 g/mol. The fourth-order valence-corrected chi connectivity index (χ4v) is 5.10. The van der Waals surface area contributed by atoms with E-state index in [4.69, 9.17) is 4.42 Å². The van der Waals surface area contributed by atoms with E-state index in [2.05, 4.69) is 10.6 Å². The molecule has 0 radical (unpaired) electrons. The van der Waals surface area contributed by atoms with Gasteiger partial charge in [0.1, 0.15) is 0 Å². The molecule has 1 aliphatic rings. The van der Waals surface area contributed by atoms with Crippen LogP contribution in [-0.4, -0.2) is 44.2 Å². The first kappa shape index (κ1) is 23.0. The second-order valence-electron chi connectivity index (χ2n) is 7.72. The Hall–Kier alpha value is -2.65. The first-order valence-electron chi connectivity index (χ1n) is 10.6. The van der Waals surface area contributed by atoms with Gasteiger partial charge in [-0.15, -0.1) is 0 Å². The summed E-state index contributed by atoms with van der Waals surface area (Å²) in [5.74, 6) is -0.295. The number of rotatable bonds is 9. The van der Waals surface area contributed by atoms with E-state index in [1.54, 1.807) is 31.3 Å². The zero-order chi connectivity index (χ0) is 22.3. The van der Waals surface area contributed by atoms with Crippen LogP contribution in [0.4, 0.5) is 5.69 Å². The van der Waals surface area contributed by atoms with Crippen molar-refractivity contribution in [3.05, 3.63) is 48.4 Å². The van der Waals surface area contributed by atoms with Gasteiger partial charge in [-0.3, -0.25) is 9.59 Å². The Morgan fingerprint density at radius 2 is 1.81 bits per heavy atom. The van der Waals surface area contributed by atoms with Crippen molar-refractivity contribution >= 4 is 27.5 Å². The average molecular weight is 448 g/mol. The summed E-state index contributed by atoms with van der Waals surface area (Å²) in [6.07, 6.45) is 7.18. The lowest BCUT2D eigenvalue weighted by Gasteiger charge is -2.30. The molecule has 0 bridgehead atoms. The fraction of sp³-hybridized carbons (Fsp3) is 0.455. The van der Waals surface area contributed by atoms with Gasteiger partial charge in [-0.1, -0.05) is 19.3 Å². The van der Waals surface area contributed by atoms with Crippen molar-refractivity contribution in [3.8, 4) is 0 Å². The van der Waals surface area contributed by atoms with E-state index in [0.717, 1.165) is 32.1 Å². The van der Waals surface area contributed by atoms with Gasteiger partial charge in [-0.2, -0.15) is 4.31 Å². The topological polar surface area (TPSA) is 109 Å². The van der Waals surface area contributed by atoms with Crippen LogP contribution in [0.1, 0.15) is 55.5 Å². The number of hydrogen-bond acceptors (Lipinski definition) is 5. The third-order valence-electron chi connectivity index (χ3n) is 5.52. The summed E-state index contributed by atoms with van der Waals surface area (Å²) in [7, 11) is -1.91. The normalized spacial score (nSPS) is 15.0. The minimum absolute atomic E-state index is 0.0476. The van der Waals surface area contributed by atoms with E-state index >= 15 is 0 Å². The fourth-order valence-electron chi connectivity index (χ4n) is 3.69. The molecule has 2 aromatic rings. The molecule has 0 aliphatic heterocycles. The van der Waals surface area contributed by atoms with Gasteiger partial charge < -0.3 is 15.1 Å². The highest BCUT2D eigenvalue weighted by molar-refractivity contribution is 7.89. The quantitative estimate of drug-likeness (QED) is 0.573. The molecule has 1 heterocycles. The minimum atomic E-state index is -3.56. The molecule has 2 amide bonds. The number of benzene rings is 1. The van der Waals surface area contributed by atoms with Crippen molar-refractivity contribution in [3.63, 3.8) is 0 Å². The summed E-state index contributed by atoms with van der Waals surface area (Å²) in [5.41, 5.74) is 0.531. The van der Waals surface area contributed by atoms with Gasteiger partial charge in [0.05, 0.1) is 11.2 Å². The lowest BCUT2D eigenvalue weighted by atomic mass is 9.96. The van der Waals surface area contributed by atoms with Crippen LogP contribution in [0.5, 0.6) is 0 Å². The summed E-state index contributed by atoms with van der Waals surface area (Å²) in [6.45, 7) is 0.345. The molecule has 1 fully saturated rings. The average Bonchev–Trinajstić information content (AvgIpc) is 3.32. The summed E-state index contributed by atoms with van der Waals surface area (Å²) >= 11 is 0. The Morgan fingerprint density at radius 3 is 2.45 bits per heavy atom. The van der Waals surface area contributed by atoms with E-state index in [0.29, 0.717) is 18.7 Å². The van der Waals surface area contributed by atoms with E-state index in [1.807, 2.05) is 0 Å². The molecule has 8 nitrogen and oxygen atoms in total. The van der Waals surface area contributed by atoms with Gasteiger partial charge >= 0.3 is 0 Å². The number of carbonyl (C=O) groups excluding carboxylic acids is 2. The first-order valence-corrected chi connectivity index (χ1v) is 12.0. The van der Waals surface area contributed by atoms with Gasteiger partial charge in [0.15, 0.2) is 5.76 Å². The van der Waals surface area contributed by atoms with Crippen LogP contribution in [0, 0.1) is 0 Å². The van der Waals surface area contributed by atoms with Crippen LogP contribution < -0.4 is 10.6 Å². The molecule has 0 spiro atoms. The summed E-state index contributed by atoms with van der Waals surface area (Å²) < 4.78 is 32.2. The molecule has 31 heavy (non-hydrogen) atoms. The molecule has 1 aromatic heterocycles. The van der Waals surface area contributed by atoms with Gasteiger partial charge in [0.2, 0.25) is 15.9 Å². The van der Waals surface area contributed by atoms with Crippen molar-refractivity contribution in [1.29, 1.82) is 0 Å². The van der Waals surface area contributed by atoms with Crippen LogP contribution in [0.3, 0.4) is 0 Å². The van der Waals surface area contributed by atoms with Gasteiger partial charge in [0.25, 0.3) is 5.91 Å². The van der Waals surface area contributed by atoms with Crippen LogP contribution in [0.25, 0.3) is 0 Å². The molecule has 0 unspecified atom stereocenters. The zero-order valence-electron chi connectivity index (χ0n) is 17.7. The maximum Gasteiger partial charge on any atom is 0.286 e. The highest BCUT2D eigenvalue weighted by atomic mass is 32.2. The van der Waals surface area contributed by atoms with Gasteiger partial charge in [0, 0.05) is 31.7 Å². The van der Waals surface area contributed by atoms with E-state index in [-0.39, 0.29) is 34.9 Å². The lowest BCUT2D eigenvalue weighted by Crippen LogP contribution is -2.38. The Labute approximate surface area is 183 Å². The second-order valence-corrected chi connectivity index (χ2v) is 9.72. The smallest absolute Gasteiger partial charge is 0.286 e. The molecular weight excluding hydrogens is 418 g/mol. The summed E-state index contributed by atoms with van der Waals surface area (Å²) in [5, 5.41) is 5.43. The zero-order valence-corrected chi connectivity index (χ0v) is 18.5. The highest BCUT2D eigenvalue weighted by Gasteiger charge is 2.28. The van der Waals surface area contributed by atoms with Crippen LogP contribution in [0.15, 0.2) is 52.0 Å². The van der Waals surface area contributed by atoms with Crippen molar-refractivity contribution in [2.45, 2.75) is 55.9 Å². The molecule has 1 aliphatic carbocycles. The number of furan rings is 1. The molecular formula is C22H29N3O5S. The predicted molar refractivity (Wildman–Crippen MR) is 117 cm³/mol. The van der Waals surface area contributed by atoms with E-state index in [1.165, 1.54) is 22.7 Å². The molecule has 1 aromatic carbocycles. The second kappa shape index (κ2) is 10.6. The maximum absolute atomic E-state index is 12.9. The Kier molecular flexibility index (Phi) is 7.86. The summed E-state index contributed by atoms with van der Waals surface area (Å²) in [6, 6.07) is 9.48. The molecule has 168 valence electrons. The Bertz CT molecular complexity index is 965. The minimum Gasteiger partial charge on any atom is -0.459 e. The molecule has 3 rings (SSSR count). The van der Waals surface area contributed by atoms with Crippen molar-refractivity contribution < 1.29 is 22.4 Å². The Morgan fingerprint density at radius 1 is 1.10 bits per heavy atom. The number of hydrogen-bond donors (Lipinski definition) is 2. The SMILES string of the molecule is CN(C1CCCCC1)S(=O)(=O)c1ccc(NC(=O)CCCNC(=O)c2ccco2)cc1. The third kappa shape index (κ3) is 6.18. The van der Waals surface area contributed by atoms with Crippen molar-refractivity contribution in [2.75, 3.05) is 18.9 Å². The summed E-state index contributed by atoms with van der Waals surface area (Å²) in [4.78, 5) is 24.1. The Balaban J connectivity index is 1.46. The lowest BCUT2D eigenvalue weighted by molar-refractivity contribution is -0.116. The maximum atomic E-state index is 12.9. The third-order valence-corrected chi connectivity index (χ3v) is 7.44. The number of nitrogens with one attached hydrogen (secondary N) is 2. The van der Waals surface area contributed by atoms with Crippen molar-refractivity contribution in [1.82, 2.24) is 9.62 Å². The van der Waals surface area contributed by atoms with Crippen LogP contribution >= 0.6 is 0 Å². The molecule has 0 saturated heterocycles. The highest BCUT2D eigenvalue weighted by Crippen LogP contribution is 2.27. The molecule has 0 atom stereocenters. The first-order chi connectivity index (χ1) is 14.9. The molecule has 1 saturated carbocycles. The number of nitrogens with zero attached hydrogens (tertiary/aromatic N) is 1. The number of carbonyl (C=O) groups is 2. The van der Waals surface area contributed by atoms with Crippen LogP contribution in [0.2, 0.25) is 0 Å². The molecule has 2 N–H and O–H groups in total. The standard InChI is InChI=1S/C22H29N3O5S/c1-25(18-7-3-2-4-8-18)31(28,29)19-13-11-17(12-14-19)24-21(26)10-5-15-23-22(27)20-9-6-16-30-20/h6,9,11-14,16,18H,2-5,7-8,10,15H2,1H3,(H,23,27)(H,24,26). The van der Waals surface area contributed by atoms with Crippen LogP contribution in [-0.2, 0) is 14.8 Å². The number of anilines is 1. The predicted octanol–water partition coefficient (Wildman–Crippen LogP) is 3.38. The number of sulfonamides is 1. The van der Waals surface area contributed by atoms with Gasteiger partial charge in [-0.05, 0) is 55.7 Å². The van der Waals surface area contributed by atoms with Crippen molar-refractivity contribution in [2.24, 2.45) is 0 Å². The van der Waals surface area contributed by atoms with E-state index in [9.17, 15) is 18.0 Å². The largest absolute Gasteiger partial charge is 0.459 e. The molecule has 9 heteroatoms. The van der Waals surface area contributed by atoms with Gasteiger partial charge in [-0.25, -0.2) is 8.42 Å². The van der Waals surface area contributed by atoms with E-state index < -0.39 is 10.0 Å².